The summed E-state index contributed by atoms with van der Waals surface area (Å²) in [5.74, 6) is -0.556. The number of anilines is 2. The second kappa shape index (κ2) is 12.6. The maximum atomic E-state index is 12.3. The Morgan fingerprint density at radius 1 is 0.976 bits per heavy atom. The number of morpholine rings is 1. The number of hydrogen-bond acceptors (Lipinski definition) is 7. The summed E-state index contributed by atoms with van der Waals surface area (Å²) in [6, 6.07) is 21.0. The Bertz CT molecular complexity index is 1450. The van der Waals surface area contributed by atoms with E-state index in [0.717, 1.165) is 63.5 Å². The number of hydrogen-bond donors (Lipinski definition) is 2. The first-order valence-corrected chi connectivity index (χ1v) is 16.0. The standard InChI is InChI=1S/C32H39N3O5S/c1-2-41(38,39)28-10-5-25(6-11-28)31(22-36)30-20-27(9-12-29(30)32(33)37)35-14-13-24(21-35)19-23-3-7-26(8-4-23)34-15-17-40-18-16-34/h3-12,20,24,31,36H,2,13-19,21-22H2,1H3,(H2,33,37)/t24-,31-/m1/s1. The van der Waals surface area contributed by atoms with Crippen LogP contribution in [0.1, 0.15) is 46.3 Å². The molecule has 218 valence electrons. The summed E-state index contributed by atoms with van der Waals surface area (Å²) in [7, 11) is -3.34. The van der Waals surface area contributed by atoms with Gasteiger partial charge in [-0.25, -0.2) is 8.42 Å². The first-order chi connectivity index (χ1) is 19.8. The number of aliphatic hydroxyl groups excluding tert-OH is 1. The zero-order valence-corrected chi connectivity index (χ0v) is 24.4. The predicted octanol–water partition coefficient (Wildman–Crippen LogP) is 3.61. The lowest BCUT2D eigenvalue weighted by molar-refractivity contribution is 0.0999. The van der Waals surface area contributed by atoms with Gasteiger partial charge in [-0.2, -0.15) is 0 Å². The molecule has 0 bridgehead atoms. The summed E-state index contributed by atoms with van der Waals surface area (Å²) < 4.78 is 30.0. The summed E-state index contributed by atoms with van der Waals surface area (Å²) >= 11 is 0. The molecule has 9 heteroatoms. The van der Waals surface area contributed by atoms with E-state index in [1.807, 2.05) is 12.1 Å². The highest BCUT2D eigenvalue weighted by Gasteiger charge is 2.26. The molecule has 2 aliphatic rings. The third kappa shape index (κ3) is 6.58. The number of ether oxygens (including phenoxy) is 1. The minimum atomic E-state index is -3.34. The molecule has 0 radical (unpaired) electrons. The van der Waals surface area contributed by atoms with Crippen molar-refractivity contribution in [2.75, 3.05) is 61.6 Å². The van der Waals surface area contributed by atoms with Gasteiger partial charge in [-0.3, -0.25) is 4.79 Å². The van der Waals surface area contributed by atoms with Crippen LogP contribution >= 0.6 is 0 Å². The molecule has 41 heavy (non-hydrogen) atoms. The molecule has 1 amide bonds. The third-order valence-electron chi connectivity index (χ3n) is 8.37. The van der Waals surface area contributed by atoms with E-state index in [1.54, 1.807) is 37.3 Å². The van der Waals surface area contributed by atoms with Gasteiger partial charge in [0.1, 0.15) is 0 Å². The van der Waals surface area contributed by atoms with Crippen molar-refractivity contribution in [1.82, 2.24) is 0 Å². The summed E-state index contributed by atoms with van der Waals surface area (Å²) in [5.41, 5.74) is 11.0. The van der Waals surface area contributed by atoms with E-state index in [2.05, 4.69) is 34.1 Å². The lowest BCUT2D eigenvalue weighted by Gasteiger charge is -2.29. The van der Waals surface area contributed by atoms with Crippen LogP contribution in [0.4, 0.5) is 11.4 Å². The van der Waals surface area contributed by atoms with Gasteiger partial charge in [0.25, 0.3) is 0 Å². The number of amides is 1. The molecule has 0 spiro atoms. The Balaban J connectivity index is 1.31. The molecule has 0 aliphatic carbocycles. The van der Waals surface area contributed by atoms with Crippen LogP contribution in [0, 0.1) is 5.92 Å². The zero-order valence-electron chi connectivity index (χ0n) is 23.5. The molecule has 0 saturated carbocycles. The van der Waals surface area contributed by atoms with Gasteiger partial charge in [0.05, 0.1) is 30.5 Å². The van der Waals surface area contributed by atoms with Gasteiger partial charge in [0.15, 0.2) is 9.84 Å². The number of primary amides is 1. The molecule has 2 fully saturated rings. The lowest BCUT2D eigenvalue weighted by atomic mass is 9.88. The van der Waals surface area contributed by atoms with Crippen LogP contribution in [-0.2, 0) is 21.0 Å². The van der Waals surface area contributed by atoms with E-state index in [-0.39, 0.29) is 17.3 Å². The Labute approximate surface area is 242 Å². The molecular weight excluding hydrogens is 538 g/mol. The van der Waals surface area contributed by atoms with E-state index in [1.165, 1.54) is 11.3 Å². The Hall–Kier alpha value is -3.40. The Kier molecular flexibility index (Phi) is 8.97. The number of nitrogens with zero attached hydrogens (tertiary/aromatic N) is 2. The molecule has 3 aromatic carbocycles. The van der Waals surface area contributed by atoms with E-state index in [4.69, 9.17) is 10.5 Å². The maximum absolute atomic E-state index is 12.3. The highest BCUT2D eigenvalue weighted by atomic mass is 32.2. The molecule has 2 aliphatic heterocycles. The van der Waals surface area contributed by atoms with Crippen molar-refractivity contribution >= 4 is 27.1 Å². The smallest absolute Gasteiger partial charge is 0.249 e. The Morgan fingerprint density at radius 3 is 2.29 bits per heavy atom. The maximum Gasteiger partial charge on any atom is 0.249 e. The topological polar surface area (TPSA) is 113 Å². The van der Waals surface area contributed by atoms with Crippen molar-refractivity contribution < 1.29 is 23.1 Å². The average Bonchev–Trinajstić information content (AvgIpc) is 3.47. The molecule has 3 aromatic rings. The van der Waals surface area contributed by atoms with Crippen LogP contribution in [0.15, 0.2) is 71.6 Å². The van der Waals surface area contributed by atoms with E-state index in [0.29, 0.717) is 17.0 Å². The number of carbonyl (C=O) groups excluding carboxylic acids is 1. The fourth-order valence-electron chi connectivity index (χ4n) is 5.95. The molecule has 3 N–H and O–H groups in total. The zero-order chi connectivity index (χ0) is 29.0. The van der Waals surface area contributed by atoms with Gasteiger partial charge in [-0.05, 0) is 77.9 Å². The van der Waals surface area contributed by atoms with Crippen molar-refractivity contribution in [1.29, 1.82) is 0 Å². The second-order valence-corrected chi connectivity index (χ2v) is 13.2. The summed E-state index contributed by atoms with van der Waals surface area (Å²) in [5, 5.41) is 10.4. The average molecular weight is 578 g/mol. The number of benzene rings is 3. The largest absolute Gasteiger partial charge is 0.395 e. The van der Waals surface area contributed by atoms with Crippen LogP contribution in [0.5, 0.6) is 0 Å². The third-order valence-corrected chi connectivity index (χ3v) is 10.1. The number of nitrogens with two attached hydrogens (primary N) is 1. The highest BCUT2D eigenvalue weighted by molar-refractivity contribution is 7.91. The van der Waals surface area contributed by atoms with E-state index < -0.39 is 21.7 Å². The molecule has 5 rings (SSSR count). The second-order valence-electron chi connectivity index (χ2n) is 10.9. The van der Waals surface area contributed by atoms with Crippen LogP contribution in [-0.4, -0.2) is 71.2 Å². The van der Waals surface area contributed by atoms with E-state index >= 15 is 0 Å². The van der Waals surface area contributed by atoms with Gasteiger partial charge in [-0.1, -0.05) is 31.2 Å². The normalized spacial score (nSPS) is 18.4. The highest BCUT2D eigenvalue weighted by Crippen LogP contribution is 2.34. The monoisotopic (exact) mass is 577 g/mol. The van der Waals surface area contributed by atoms with Crippen molar-refractivity contribution in [2.24, 2.45) is 11.7 Å². The minimum absolute atomic E-state index is 0.0141. The van der Waals surface area contributed by atoms with Crippen LogP contribution in [0.3, 0.4) is 0 Å². The SMILES string of the molecule is CCS(=O)(=O)c1ccc([C@@H](CO)c2cc(N3CC[C@H](Cc4ccc(N5CCOCC5)cc4)C3)ccc2C(N)=O)cc1. The number of carbonyl (C=O) groups is 1. The molecule has 8 nitrogen and oxygen atoms in total. The van der Waals surface area contributed by atoms with Crippen LogP contribution in [0.25, 0.3) is 0 Å². The quantitative estimate of drug-likeness (QED) is 0.379. The lowest BCUT2D eigenvalue weighted by Crippen LogP contribution is -2.36. The molecule has 0 unspecified atom stereocenters. The molecular formula is C32H39N3O5S. The van der Waals surface area contributed by atoms with E-state index in [9.17, 15) is 18.3 Å². The van der Waals surface area contributed by atoms with Crippen molar-refractivity contribution in [3.05, 3.63) is 89.0 Å². The van der Waals surface area contributed by atoms with Gasteiger partial charge >= 0.3 is 0 Å². The van der Waals surface area contributed by atoms with Gasteiger partial charge in [-0.15, -0.1) is 0 Å². The minimum Gasteiger partial charge on any atom is -0.395 e. The first-order valence-electron chi connectivity index (χ1n) is 14.3. The summed E-state index contributed by atoms with van der Waals surface area (Å²) in [4.78, 5) is 17.3. The number of aliphatic hydroxyl groups is 1. The van der Waals surface area contributed by atoms with Gasteiger partial charge in [0, 0.05) is 49.0 Å². The molecule has 2 atom stereocenters. The van der Waals surface area contributed by atoms with Crippen LogP contribution in [0.2, 0.25) is 0 Å². The molecule has 2 heterocycles. The molecule has 0 aromatic heterocycles. The van der Waals surface area contributed by atoms with Crippen molar-refractivity contribution in [3.63, 3.8) is 0 Å². The van der Waals surface area contributed by atoms with Crippen molar-refractivity contribution in [3.8, 4) is 0 Å². The van der Waals surface area contributed by atoms with Gasteiger partial charge < -0.3 is 25.4 Å². The predicted molar refractivity (Wildman–Crippen MR) is 162 cm³/mol. The number of sulfone groups is 1. The van der Waals surface area contributed by atoms with Crippen molar-refractivity contribution in [2.45, 2.75) is 30.6 Å². The molecule has 2 saturated heterocycles. The first kappa shape index (κ1) is 29.1. The van der Waals surface area contributed by atoms with Gasteiger partial charge in [0.2, 0.25) is 5.91 Å². The fraction of sp³-hybridized carbons (Fsp3) is 0.406. The Morgan fingerprint density at radius 2 is 1.66 bits per heavy atom. The summed E-state index contributed by atoms with van der Waals surface area (Å²) in [6.45, 7) is 6.57. The fourth-order valence-corrected chi connectivity index (χ4v) is 6.83. The van der Waals surface area contributed by atoms with Crippen LogP contribution < -0.4 is 15.5 Å². The summed E-state index contributed by atoms with van der Waals surface area (Å²) in [6.07, 6.45) is 2.06. The number of rotatable bonds is 10.